The average molecular weight is 403 g/mol. The molecule has 0 aliphatic rings. The lowest BCUT2D eigenvalue weighted by Gasteiger charge is -2.33. The van der Waals surface area contributed by atoms with Gasteiger partial charge in [0.1, 0.15) is 11.5 Å². The van der Waals surface area contributed by atoms with Gasteiger partial charge in [0.15, 0.2) is 0 Å². The summed E-state index contributed by atoms with van der Waals surface area (Å²) in [5.41, 5.74) is 2.57. The first-order valence-electron chi connectivity index (χ1n) is 10.9. The summed E-state index contributed by atoms with van der Waals surface area (Å²) in [6.07, 6.45) is 0.668. The normalized spacial score (nSPS) is 13.7. The third-order valence-corrected chi connectivity index (χ3v) is 5.34. The van der Waals surface area contributed by atoms with Gasteiger partial charge < -0.3 is 9.47 Å². The minimum absolute atomic E-state index is 0.218. The van der Waals surface area contributed by atoms with Crippen molar-refractivity contribution >= 4 is 0 Å². The van der Waals surface area contributed by atoms with E-state index in [-0.39, 0.29) is 5.41 Å². The summed E-state index contributed by atoms with van der Waals surface area (Å²) < 4.78 is 12.5. The average Bonchev–Trinajstić information content (AvgIpc) is 2.73. The monoisotopic (exact) mass is 402 g/mol. The van der Waals surface area contributed by atoms with Crippen LogP contribution in [-0.4, -0.2) is 0 Å². The molecule has 3 aromatic rings. The Morgan fingerprint density at radius 2 is 1.13 bits per heavy atom. The Morgan fingerprint density at radius 1 is 0.633 bits per heavy atom. The summed E-state index contributed by atoms with van der Waals surface area (Å²) in [5.74, 6) is 2.76. The Bertz CT molecular complexity index is 877. The molecule has 0 fully saturated rings. The smallest absolute Gasteiger partial charge is 0.267 e. The van der Waals surface area contributed by atoms with Gasteiger partial charge in [-0.2, -0.15) is 0 Å². The fourth-order valence-corrected chi connectivity index (χ4v) is 3.76. The van der Waals surface area contributed by atoms with Gasteiger partial charge in [-0.1, -0.05) is 95.3 Å². The van der Waals surface area contributed by atoms with Crippen molar-refractivity contribution in [2.75, 3.05) is 0 Å². The zero-order valence-electron chi connectivity index (χ0n) is 18.8. The Morgan fingerprint density at radius 3 is 1.63 bits per heavy atom. The molecule has 0 aromatic heterocycles. The third kappa shape index (κ3) is 6.13. The van der Waals surface area contributed by atoms with Gasteiger partial charge >= 0.3 is 0 Å². The summed E-state index contributed by atoms with van der Waals surface area (Å²) in [7, 11) is 0. The number of hydrogen-bond donors (Lipinski definition) is 0. The van der Waals surface area contributed by atoms with Crippen LogP contribution >= 0.6 is 0 Å². The van der Waals surface area contributed by atoms with E-state index in [1.807, 2.05) is 60.7 Å². The summed E-state index contributed by atoms with van der Waals surface area (Å²) in [6.45, 7) is 11.6. The molecule has 0 spiro atoms. The highest BCUT2D eigenvalue weighted by atomic mass is 16.7. The Balaban J connectivity index is 1.81. The zero-order chi connectivity index (χ0) is 21.6. The van der Waals surface area contributed by atoms with Crippen molar-refractivity contribution < 1.29 is 9.47 Å². The number of ether oxygens (including phenoxy) is 2. The lowest BCUT2D eigenvalue weighted by Crippen LogP contribution is -2.20. The first kappa shape index (κ1) is 22.0. The quantitative estimate of drug-likeness (QED) is 0.355. The highest BCUT2D eigenvalue weighted by Crippen LogP contribution is 2.40. The SMILES string of the molecule is CC(C)CC(c1ccc(OC(Oc2ccccc2)c2ccccc2)cc1)C(C)(C)C. The van der Waals surface area contributed by atoms with Crippen LogP contribution in [-0.2, 0) is 0 Å². The van der Waals surface area contributed by atoms with E-state index < -0.39 is 6.29 Å². The first-order valence-corrected chi connectivity index (χ1v) is 10.9. The van der Waals surface area contributed by atoms with Crippen LogP contribution in [0.25, 0.3) is 0 Å². The van der Waals surface area contributed by atoms with Gasteiger partial charge in [-0.25, -0.2) is 0 Å². The van der Waals surface area contributed by atoms with E-state index in [0.717, 1.165) is 17.1 Å². The minimum atomic E-state index is -0.506. The molecule has 2 nitrogen and oxygen atoms in total. The molecule has 30 heavy (non-hydrogen) atoms. The van der Waals surface area contributed by atoms with Crippen LogP contribution in [0.5, 0.6) is 11.5 Å². The van der Waals surface area contributed by atoms with Crippen LogP contribution in [0.3, 0.4) is 0 Å². The van der Waals surface area contributed by atoms with Crippen molar-refractivity contribution in [2.45, 2.75) is 53.2 Å². The van der Waals surface area contributed by atoms with E-state index in [2.05, 4.69) is 58.9 Å². The lowest BCUT2D eigenvalue weighted by atomic mass is 9.72. The number of hydrogen-bond acceptors (Lipinski definition) is 2. The second kappa shape index (κ2) is 9.84. The Hall–Kier alpha value is -2.74. The van der Waals surface area contributed by atoms with Crippen molar-refractivity contribution in [3.05, 3.63) is 96.1 Å². The molecule has 2 heteroatoms. The highest BCUT2D eigenvalue weighted by Gasteiger charge is 2.27. The molecule has 0 aliphatic heterocycles. The summed E-state index contributed by atoms with van der Waals surface area (Å²) in [4.78, 5) is 0. The van der Waals surface area contributed by atoms with Crippen LogP contribution in [0, 0.1) is 11.3 Å². The van der Waals surface area contributed by atoms with Crippen molar-refractivity contribution in [1.29, 1.82) is 0 Å². The Kier molecular flexibility index (Phi) is 7.20. The molecular formula is C28H34O2. The van der Waals surface area contributed by atoms with Crippen LogP contribution < -0.4 is 9.47 Å². The van der Waals surface area contributed by atoms with Crippen molar-refractivity contribution in [1.82, 2.24) is 0 Å². The van der Waals surface area contributed by atoms with Gasteiger partial charge in [0.2, 0.25) is 0 Å². The molecular weight excluding hydrogens is 368 g/mol. The van der Waals surface area contributed by atoms with Gasteiger partial charge in [-0.15, -0.1) is 0 Å². The lowest BCUT2D eigenvalue weighted by molar-refractivity contribution is 0.00379. The maximum atomic E-state index is 6.28. The van der Waals surface area contributed by atoms with Gasteiger partial charge in [0.05, 0.1) is 0 Å². The molecule has 3 rings (SSSR count). The maximum absolute atomic E-state index is 6.28. The van der Waals surface area contributed by atoms with E-state index in [1.54, 1.807) is 0 Å². The van der Waals surface area contributed by atoms with E-state index in [1.165, 1.54) is 12.0 Å². The summed E-state index contributed by atoms with van der Waals surface area (Å²) in [5, 5.41) is 0. The molecule has 158 valence electrons. The molecule has 2 atom stereocenters. The summed E-state index contributed by atoms with van der Waals surface area (Å²) >= 11 is 0. The second-order valence-electron chi connectivity index (χ2n) is 9.41. The molecule has 0 amide bonds. The van der Waals surface area contributed by atoms with Crippen molar-refractivity contribution in [3.8, 4) is 11.5 Å². The molecule has 0 saturated heterocycles. The molecule has 0 radical (unpaired) electrons. The number of rotatable bonds is 8. The van der Waals surface area contributed by atoms with Crippen LogP contribution in [0.2, 0.25) is 0 Å². The molecule has 0 saturated carbocycles. The molecule has 0 aliphatic carbocycles. The van der Waals surface area contributed by atoms with Crippen LogP contribution in [0.1, 0.15) is 64.4 Å². The largest absolute Gasteiger partial charge is 0.451 e. The van der Waals surface area contributed by atoms with E-state index >= 15 is 0 Å². The van der Waals surface area contributed by atoms with E-state index in [9.17, 15) is 0 Å². The fraction of sp³-hybridized carbons (Fsp3) is 0.357. The van der Waals surface area contributed by atoms with E-state index in [0.29, 0.717) is 11.8 Å². The molecule has 0 N–H and O–H groups in total. The molecule has 2 unspecified atom stereocenters. The molecule has 0 heterocycles. The van der Waals surface area contributed by atoms with Crippen LogP contribution in [0.4, 0.5) is 0 Å². The predicted molar refractivity (Wildman–Crippen MR) is 125 cm³/mol. The third-order valence-electron chi connectivity index (χ3n) is 5.34. The molecule has 3 aromatic carbocycles. The second-order valence-corrected chi connectivity index (χ2v) is 9.41. The van der Waals surface area contributed by atoms with Gasteiger partial charge in [-0.05, 0) is 53.5 Å². The summed E-state index contributed by atoms with van der Waals surface area (Å²) in [6, 6.07) is 28.4. The van der Waals surface area contributed by atoms with Crippen LogP contribution in [0.15, 0.2) is 84.9 Å². The zero-order valence-corrected chi connectivity index (χ0v) is 18.8. The predicted octanol–water partition coefficient (Wildman–Crippen LogP) is 8.02. The topological polar surface area (TPSA) is 18.5 Å². The standard InChI is InChI=1S/C28H34O2/c1-21(2)20-26(28(3,4)5)22-16-18-25(19-17-22)30-27(23-12-8-6-9-13-23)29-24-14-10-7-11-15-24/h6-19,21,26-27H,20H2,1-5H3. The number of para-hydroxylation sites is 1. The van der Waals surface area contributed by atoms with Crippen molar-refractivity contribution in [2.24, 2.45) is 11.3 Å². The van der Waals surface area contributed by atoms with Gasteiger partial charge in [-0.3, -0.25) is 0 Å². The highest BCUT2D eigenvalue weighted by molar-refractivity contribution is 5.32. The van der Waals surface area contributed by atoms with E-state index in [4.69, 9.17) is 9.47 Å². The fourth-order valence-electron chi connectivity index (χ4n) is 3.76. The maximum Gasteiger partial charge on any atom is 0.267 e. The minimum Gasteiger partial charge on any atom is -0.451 e. The molecule has 0 bridgehead atoms. The van der Waals surface area contributed by atoms with Gasteiger partial charge in [0.25, 0.3) is 6.29 Å². The Labute approximate surface area is 181 Å². The van der Waals surface area contributed by atoms with Gasteiger partial charge in [0, 0.05) is 5.56 Å². The first-order chi connectivity index (χ1) is 14.3. The van der Waals surface area contributed by atoms with Crippen molar-refractivity contribution in [3.63, 3.8) is 0 Å². The number of benzene rings is 3.